The maximum Gasteiger partial charge on any atom is 0.153 e. The first-order chi connectivity index (χ1) is 9.28. The number of benzene rings is 1. The van der Waals surface area contributed by atoms with Gasteiger partial charge in [0.25, 0.3) is 0 Å². The van der Waals surface area contributed by atoms with Crippen LogP contribution in [-0.2, 0) is 0 Å². The fourth-order valence-electron chi connectivity index (χ4n) is 2.21. The van der Waals surface area contributed by atoms with Crippen LogP contribution >= 0.6 is 0 Å². The molecule has 3 nitrogen and oxygen atoms in total. The van der Waals surface area contributed by atoms with Gasteiger partial charge in [-0.1, -0.05) is 18.2 Å². The van der Waals surface area contributed by atoms with Crippen molar-refractivity contribution in [1.29, 1.82) is 0 Å². The summed E-state index contributed by atoms with van der Waals surface area (Å²) in [7, 11) is 0. The standard InChI is InChI=1S/C16H16N2O/c1-3-17-13-7-8-18-14(10-13)15-9-12-6-4-5-11(2)16(12)19-15/h4-10H,3H2,1-2H3,(H,17,18). The highest BCUT2D eigenvalue weighted by molar-refractivity contribution is 5.84. The Morgan fingerprint density at radius 3 is 2.89 bits per heavy atom. The van der Waals surface area contributed by atoms with Gasteiger partial charge in [0.2, 0.25) is 0 Å². The SMILES string of the molecule is CCNc1ccnc(-c2cc3cccc(C)c3o2)c1. The molecule has 3 rings (SSSR count). The van der Waals surface area contributed by atoms with Crippen molar-refractivity contribution < 1.29 is 4.42 Å². The highest BCUT2D eigenvalue weighted by Gasteiger charge is 2.09. The van der Waals surface area contributed by atoms with E-state index in [0.717, 1.165) is 40.2 Å². The van der Waals surface area contributed by atoms with Crippen LogP contribution in [-0.4, -0.2) is 11.5 Å². The summed E-state index contributed by atoms with van der Waals surface area (Å²) in [6.07, 6.45) is 1.80. The van der Waals surface area contributed by atoms with Gasteiger partial charge >= 0.3 is 0 Å². The predicted octanol–water partition coefficient (Wildman–Crippen LogP) is 4.24. The Morgan fingerprint density at radius 2 is 2.11 bits per heavy atom. The van der Waals surface area contributed by atoms with Crippen LogP contribution in [0.3, 0.4) is 0 Å². The van der Waals surface area contributed by atoms with E-state index in [0.29, 0.717) is 0 Å². The molecule has 2 aromatic heterocycles. The molecule has 0 bridgehead atoms. The summed E-state index contributed by atoms with van der Waals surface area (Å²) in [5, 5.41) is 4.40. The number of nitrogens with zero attached hydrogens (tertiary/aromatic N) is 1. The third-order valence-corrected chi connectivity index (χ3v) is 3.13. The third kappa shape index (κ3) is 2.19. The first kappa shape index (κ1) is 11.8. The lowest BCUT2D eigenvalue weighted by atomic mass is 10.2. The summed E-state index contributed by atoms with van der Waals surface area (Å²) in [5.74, 6) is 0.809. The van der Waals surface area contributed by atoms with Crippen LogP contribution in [0.4, 0.5) is 5.69 Å². The van der Waals surface area contributed by atoms with Crippen molar-refractivity contribution in [3.05, 3.63) is 48.2 Å². The van der Waals surface area contributed by atoms with Crippen LogP contribution in [0.2, 0.25) is 0 Å². The lowest BCUT2D eigenvalue weighted by Gasteiger charge is -2.03. The minimum absolute atomic E-state index is 0.809. The van der Waals surface area contributed by atoms with Crippen molar-refractivity contribution in [3.63, 3.8) is 0 Å². The van der Waals surface area contributed by atoms with Crippen molar-refractivity contribution in [3.8, 4) is 11.5 Å². The first-order valence-electron chi connectivity index (χ1n) is 6.47. The van der Waals surface area contributed by atoms with Gasteiger partial charge in [0.05, 0.1) is 0 Å². The number of fused-ring (bicyclic) bond motifs is 1. The zero-order valence-electron chi connectivity index (χ0n) is 11.1. The molecule has 96 valence electrons. The molecule has 1 aromatic carbocycles. The van der Waals surface area contributed by atoms with E-state index in [9.17, 15) is 0 Å². The van der Waals surface area contributed by atoms with Crippen LogP contribution in [0.1, 0.15) is 12.5 Å². The molecule has 0 spiro atoms. The number of anilines is 1. The van der Waals surface area contributed by atoms with E-state index < -0.39 is 0 Å². The Morgan fingerprint density at radius 1 is 1.21 bits per heavy atom. The van der Waals surface area contributed by atoms with Gasteiger partial charge in [-0.05, 0) is 37.6 Å². The van der Waals surface area contributed by atoms with Gasteiger partial charge in [-0.25, -0.2) is 0 Å². The Balaban J connectivity index is 2.08. The second kappa shape index (κ2) is 4.76. The summed E-state index contributed by atoms with van der Waals surface area (Å²) in [4.78, 5) is 4.38. The van der Waals surface area contributed by atoms with Crippen LogP contribution in [0.15, 0.2) is 47.0 Å². The molecule has 3 aromatic rings. The number of nitrogens with one attached hydrogen (secondary N) is 1. The summed E-state index contributed by atoms with van der Waals surface area (Å²) in [5.41, 5.74) is 4.00. The number of para-hydroxylation sites is 1. The van der Waals surface area contributed by atoms with Gasteiger partial charge in [-0.15, -0.1) is 0 Å². The molecule has 0 saturated heterocycles. The number of rotatable bonds is 3. The lowest BCUT2D eigenvalue weighted by molar-refractivity contribution is 0.626. The molecule has 19 heavy (non-hydrogen) atoms. The Labute approximate surface area is 112 Å². The number of hydrogen-bond donors (Lipinski definition) is 1. The van der Waals surface area contributed by atoms with Gasteiger partial charge in [0, 0.05) is 23.8 Å². The largest absolute Gasteiger partial charge is 0.454 e. The van der Waals surface area contributed by atoms with Crippen LogP contribution < -0.4 is 5.32 Å². The molecular formula is C16H16N2O. The Bertz CT molecular complexity index is 716. The second-order valence-corrected chi connectivity index (χ2v) is 4.56. The Kier molecular flexibility index (Phi) is 2.95. The molecule has 0 aliphatic carbocycles. The maximum atomic E-state index is 5.93. The molecule has 0 aliphatic rings. The number of furan rings is 1. The average molecular weight is 252 g/mol. The average Bonchev–Trinajstić information content (AvgIpc) is 2.85. The molecular weight excluding hydrogens is 236 g/mol. The van der Waals surface area contributed by atoms with Crippen LogP contribution in [0, 0.1) is 6.92 Å². The molecule has 0 unspecified atom stereocenters. The molecule has 0 radical (unpaired) electrons. The molecule has 0 atom stereocenters. The summed E-state index contributed by atoms with van der Waals surface area (Å²) < 4.78 is 5.93. The highest BCUT2D eigenvalue weighted by atomic mass is 16.3. The van der Waals surface area contributed by atoms with Gasteiger partial charge in [0.15, 0.2) is 5.76 Å². The van der Waals surface area contributed by atoms with E-state index >= 15 is 0 Å². The zero-order valence-corrected chi connectivity index (χ0v) is 11.1. The second-order valence-electron chi connectivity index (χ2n) is 4.56. The number of hydrogen-bond acceptors (Lipinski definition) is 3. The van der Waals surface area contributed by atoms with E-state index in [2.05, 4.69) is 36.3 Å². The molecule has 1 N–H and O–H groups in total. The molecule has 3 heteroatoms. The van der Waals surface area contributed by atoms with Crippen LogP contribution in [0.25, 0.3) is 22.4 Å². The zero-order chi connectivity index (χ0) is 13.2. The fourth-order valence-corrected chi connectivity index (χ4v) is 2.21. The summed E-state index contributed by atoms with van der Waals surface area (Å²) in [6, 6.07) is 12.2. The number of aryl methyl sites for hydroxylation is 1. The molecule has 0 amide bonds. The Hall–Kier alpha value is -2.29. The highest BCUT2D eigenvalue weighted by Crippen LogP contribution is 2.29. The lowest BCUT2D eigenvalue weighted by Crippen LogP contribution is -1.96. The molecule has 0 saturated carbocycles. The van der Waals surface area contributed by atoms with Gasteiger partial charge in [-0.3, -0.25) is 4.98 Å². The van der Waals surface area contributed by atoms with E-state index in [-0.39, 0.29) is 0 Å². The molecule has 0 fully saturated rings. The van der Waals surface area contributed by atoms with E-state index in [1.165, 1.54) is 0 Å². The fraction of sp³-hybridized carbons (Fsp3) is 0.188. The number of pyridine rings is 1. The predicted molar refractivity (Wildman–Crippen MR) is 78.3 cm³/mol. The van der Waals surface area contributed by atoms with Crippen molar-refractivity contribution >= 4 is 16.7 Å². The first-order valence-corrected chi connectivity index (χ1v) is 6.47. The third-order valence-electron chi connectivity index (χ3n) is 3.13. The van der Waals surface area contributed by atoms with E-state index in [4.69, 9.17) is 4.42 Å². The summed E-state index contributed by atoms with van der Waals surface area (Å²) >= 11 is 0. The van der Waals surface area contributed by atoms with Gasteiger partial charge in [0.1, 0.15) is 11.3 Å². The normalized spacial score (nSPS) is 10.8. The van der Waals surface area contributed by atoms with E-state index in [1.54, 1.807) is 6.20 Å². The van der Waals surface area contributed by atoms with E-state index in [1.807, 2.05) is 24.3 Å². The minimum atomic E-state index is 0.809. The molecule has 0 aliphatic heterocycles. The summed E-state index contributed by atoms with van der Waals surface area (Å²) in [6.45, 7) is 5.02. The van der Waals surface area contributed by atoms with Gasteiger partial charge in [-0.2, -0.15) is 0 Å². The van der Waals surface area contributed by atoms with Crippen LogP contribution in [0.5, 0.6) is 0 Å². The van der Waals surface area contributed by atoms with Crippen molar-refractivity contribution in [1.82, 2.24) is 4.98 Å². The monoisotopic (exact) mass is 252 g/mol. The quantitative estimate of drug-likeness (QED) is 0.757. The smallest absolute Gasteiger partial charge is 0.153 e. The number of aromatic nitrogens is 1. The maximum absolute atomic E-state index is 5.93. The van der Waals surface area contributed by atoms with Gasteiger partial charge < -0.3 is 9.73 Å². The topological polar surface area (TPSA) is 38.1 Å². The van der Waals surface area contributed by atoms with Crippen molar-refractivity contribution in [2.45, 2.75) is 13.8 Å². The van der Waals surface area contributed by atoms with Crippen molar-refractivity contribution in [2.75, 3.05) is 11.9 Å². The minimum Gasteiger partial charge on any atom is -0.454 e. The molecule has 2 heterocycles. The van der Waals surface area contributed by atoms with Crippen molar-refractivity contribution in [2.24, 2.45) is 0 Å².